The van der Waals surface area contributed by atoms with E-state index in [2.05, 4.69) is 0 Å². The summed E-state index contributed by atoms with van der Waals surface area (Å²) in [6.45, 7) is 2.94. The molecule has 2 fully saturated rings. The number of alkyl halides is 6. The van der Waals surface area contributed by atoms with Crippen molar-refractivity contribution in [1.29, 1.82) is 0 Å². The molecule has 3 rings (SSSR count). The predicted octanol–water partition coefficient (Wildman–Crippen LogP) is 7.52. The molecule has 0 radical (unpaired) electrons. The van der Waals surface area contributed by atoms with Crippen molar-refractivity contribution in [2.45, 2.75) is 88.6 Å². The second-order valence-corrected chi connectivity index (χ2v) is 9.07. The second kappa shape index (κ2) is 10.8. The molecule has 0 saturated heterocycles. The van der Waals surface area contributed by atoms with Crippen LogP contribution < -0.4 is 0 Å². The van der Waals surface area contributed by atoms with Crippen molar-refractivity contribution >= 4 is 0 Å². The van der Waals surface area contributed by atoms with Gasteiger partial charge in [-0.15, -0.1) is 0 Å². The van der Waals surface area contributed by atoms with Crippen LogP contribution in [0.4, 0.5) is 26.3 Å². The van der Waals surface area contributed by atoms with Crippen molar-refractivity contribution in [1.82, 2.24) is 0 Å². The maximum atomic E-state index is 13.9. The summed E-state index contributed by atoms with van der Waals surface area (Å²) in [5.41, 5.74) is -0.110. The third kappa shape index (κ3) is 6.19. The average Bonchev–Trinajstić information content (AvgIpc) is 2.79. The Hall–Kier alpha value is -1.28. The van der Waals surface area contributed by atoms with Crippen LogP contribution in [-0.4, -0.2) is 31.9 Å². The van der Waals surface area contributed by atoms with Crippen LogP contribution in [0.15, 0.2) is 24.3 Å². The van der Waals surface area contributed by atoms with Gasteiger partial charge in [0.25, 0.3) is 6.17 Å². The van der Waals surface area contributed by atoms with Crippen LogP contribution in [0.1, 0.15) is 75.3 Å². The Morgan fingerprint density at radius 2 is 1.38 bits per heavy atom. The highest BCUT2D eigenvalue weighted by Gasteiger charge is 2.57. The normalized spacial score (nSPS) is 28.5. The molecule has 0 N–H and O–H groups in total. The molecule has 0 spiro atoms. The molecule has 0 aromatic heterocycles. The third-order valence-electron chi connectivity index (χ3n) is 7.12. The summed E-state index contributed by atoms with van der Waals surface area (Å²) >= 11 is 0. The summed E-state index contributed by atoms with van der Waals surface area (Å²) in [4.78, 5) is 0. The van der Waals surface area contributed by atoms with E-state index >= 15 is 0 Å². The van der Waals surface area contributed by atoms with Crippen molar-refractivity contribution in [3.8, 4) is 0 Å². The van der Waals surface area contributed by atoms with Crippen molar-refractivity contribution < 1.29 is 35.8 Å². The first-order chi connectivity index (χ1) is 15.1. The van der Waals surface area contributed by atoms with E-state index in [1.54, 1.807) is 0 Å². The summed E-state index contributed by atoms with van der Waals surface area (Å²) in [5, 5.41) is 0. The van der Waals surface area contributed by atoms with E-state index < -0.39 is 23.8 Å². The van der Waals surface area contributed by atoms with Gasteiger partial charge in [-0.1, -0.05) is 24.3 Å². The fourth-order valence-corrected chi connectivity index (χ4v) is 5.21. The molecule has 2 nitrogen and oxygen atoms in total. The molecule has 182 valence electrons. The molecule has 1 aromatic rings. The number of benzene rings is 1. The quantitative estimate of drug-likeness (QED) is 0.224. The number of hydrogen-bond acceptors (Lipinski definition) is 2. The lowest BCUT2D eigenvalue weighted by molar-refractivity contribution is -0.248. The Morgan fingerprint density at radius 3 is 1.88 bits per heavy atom. The van der Waals surface area contributed by atoms with Gasteiger partial charge in [0.05, 0.1) is 6.10 Å². The van der Waals surface area contributed by atoms with Gasteiger partial charge >= 0.3 is 12.1 Å². The maximum absolute atomic E-state index is 13.9. The molecule has 0 aliphatic heterocycles. The topological polar surface area (TPSA) is 18.5 Å². The molecule has 2 saturated carbocycles. The molecule has 2 aliphatic carbocycles. The molecule has 0 bridgehead atoms. The minimum Gasteiger partial charge on any atom is -0.356 e. The fourth-order valence-electron chi connectivity index (χ4n) is 5.21. The van der Waals surface area contributed by atoms with E-state index in [0.717, 1.165) is 69.1 Å². The summed E-state index contributed by atoms with van der Waals surface area (Å²) in [6.07, 6.45) is -1.22. The van der Waals surface area contributed by atoms with E-state index in [1.165, 1.54) is 12.1 Å². The van der Waals surface area contributed by atoms with Crippen LogP contribution in [-0.2, 0) is 15.4 Å². The minimum absolute atomic E-state index is 0.198. The third-order valence-corrected chi connectivity index (χ3v) is 7.12. The molecule has 2 aliphatic rings. The number of ether oxygens (including phenoxy) is 2. The molecule has 32 heavy (non-hydrogen) atoms. The Labute approximate surface area is 185 Å². The van der Waals surface area contributed by atoms with Crippen LogP contribution in [0.25, 0.3) is 0 Å². The number of hydrogen-bond donors (Lipinski definition) is 0. The number of rotatable bonds is 8. The minimum atomic E-state index is -5.60. The standard InChI is InChI=1S/C24H32F6O2/c1-2-31-15-32-21-13-9-19(10-14-21)17-5-3-16(4-6-17)18-7-11-20(12-8-18)23(26,27)22(25)24(28,29)30/h7-8,11-12,16-17,19,21-22H,2-6,9-10,13-15H2,1H3. The van der Waals surface area contributed by atoms with Gasteiger partial charge in [-0.2, -0.15) is 22.0 Å². The molecular formula is C24H32F6O2. The Morgan fingerprint density at radius 1 is 0.844 bits per heavy atom. The zero-order valence-electron chi connectivity index (χ0n) is 18.4. The maximum Gasteiger partial charge on any atom is 0.426 e. The summed E-state index contributed by atoms with van der Waals surface area (Å²) in [6, 6.07) is 4.73. The van der Waals surface area contributed by atoms with Crippen LogP contribution in [0.5, 0.6) is 0 Å². The summed E-state index contributed by atoms with van der Waals surface area (Å²) in [5.74, 6) is -3.09. The smallest absolute Gasteiger partial charge is 0.356 e. The van der Waals surface area contributed by atoms with E-state index in [0.29, 0.717) is 25.2 Å². The largest absolute Gasteiger partial charge is 0.426 e. The van der Waals surface area contributed by atoms with Crippen molar-refractivity contribution in [2.24, 2.45) is 11.8 Å². The summed E-state index contributed by atoms with van der Waals surface area (Å²) in [7, 11) is 0. The molecule has 8 heteroatoms. The Kier molecular flexibility index (Phi) is 8.53. The molecule has 0 heterocycles. The van der Waals surface area contributed by atoms with Crippen molar-refractivity contribution in [2.75, 3.05) is 13.4 Å². The van der Waals surface area contributed by atoms with Gasteiger partial charge in [-0.05, 0) is 81.6 Å². The van der Waals surface area contributed by atoms with E-state index in [9.17, 15) is 26.3 Å². The van der Waals surface area contributed by atoms with Crippen LogP contribution in [0.3, 0.4) is 0 Å². The lowest BCUT2D eigenvalue weighted by atomic mass is 9.69. The van der Waals surface area contributed by atoms with Gasteiger partial charge in [0.2, 0.25) is 0 Å². The summed E-state index contributed by atoms with van der Waals surface area (Å²) < 4.78 is 89.3. The zero-order valence-corrected chi connectivity index (χ0v) is 18.4. The highest BCUT2D eigenvalue weighted by molar-refractivity contribution is 5.29. The Bertz CT molecular complexity index is 689. The molecule has 1 unspecified atom stereocenters. The lowest BCUT2D eigenvalue weighted by Crippen LogP contribution is -2.39. The highest BCUT2D eigenvalue weighted by Crippen LogP contribution is 2.45. The van der Waals surface area contributed by atoms with Crippen molar-refractivity contribution in [3.05, 3.63) is 35.4 Å². The van der Waals surface area contributed by atoms with Gasteiger partial charge in [-0.25, -0.2) is 4.39 Å². The predicted molar refractivity (Wildman–Crippen MR) is 109 cm³/mol. The zero-order chi connectivity index (χ0) is 23.4. The first kappa shape index (κ1) is 25.3. The monoisotopic (exact) mass is 466 g/mol. The number of halogens is 6. The first-order valence-corrected chi connectivity index (χ1v) is 11.5. The first-order valence-electron chi connectivity index (χ1n) is 11.5. The van der Waals surface area contributed by atoms with Crippen molar-refractivity contribution in [3.63, 3.8) is 0 Å². The van der Waals surface area contributed by atoms with Gasteiger partial charge in [0, 0.05) is 12.2 Å². The van der Waals surface area contributed by atoms with E-state index in [1.807, 2.05) is 6.92 Å². The van der Waals surface area contributed by atoms with E-state index in [4.69, 9.17) is 9.47 Å². The van der Waals surface area contributed by atoms with Gasteiger partial charge in [-0.3, -0.25) is 0 Å². The molecule has 0 amide bonds. The molecule has 1 atom stereocenters. The van der Waals surface area contributed by atoms with Crippen LogP contribution in [0, 0.1) is 11.8 Å². The van der Waals surface area contributed by atoms with Gasteiger partial charge < -0.3 is 9.47 Å². The second-order valence-electron chi connectivity index (χ2n) is 9.07. The van der Waals surface area contributed by atoms with Gasteiger partial charge in [0.1, 0.15) is 6.79 Å². The lowest BCUT2D eigenvalue weighted by Gasteiger charge is -2.38. The van der Waals surface area contributed by atoms with Crippen LogP contribution >= 0.6 is 0 Å². The average molecular weight is 467 g/mol. The van der Waals surface area contributed by atoms with Gasteiger partial charge in [0.15, 0.2) is 0 Å². The highest BCUT2D eigenvalue weighted by atomic mass is 19.4. The molecule has 1 aromatic carbocycles. The molecular weight excluding hydrogens is 434 g/mol. The fraction of sp³-hybridized carbons (Fsp3) is 0.750. The SMILES string of the molecule is CCOCOC1CCC(C2CCC(c3ccc(C(F)(F)C(F)C(F)(F)F)cc3)CC2)CC1. The Balaban J connectivity index is 1.48. The van der Waals surface area contributed by atoms with Crippen LogP contribution in [0.2, 0.25) is 0 Å². The van der Waals surface area contributed by atoms with E-state index in [-0.39, 0.29) is 12.0 Å².